The Kier molecular flexibility index (Phi) is 3.48. The molecular formula is C19H28O4. The normalized spacial score (nSPS) is 47.0. The van der Waals surface area contributed by atoms with E-state index >= 15 is 0 Å². The number of carboxylic acids is 1. The highest BCUT2D eigenvalue weighted by molar-refractivity contribution is 5.95. The van der Waals surface area contributed by atoms with Gasteiger partial charge in [-0.2, -0.15) is 0 Å². The van der Waals surface area contributed by atoms with Gasteiger partial charge in [-0.25, -0.2) is 0 Å². The Morgan fingerprint density at radius 1 is 1.17 bits per heavy atom. The van der Waals surface area contributed by atoms with Gasteiger partial charge in [-0.15, -0.1) is 0 Å². The Labute approximate surface area is 138 Å². The molecule has 0 aromatic carbocycles. The first-order valence-electron chi connectivity index (χ1n) is 8.71. The maximum absolute atomic E-state index is 12.3. The number of carboxylic acid groups (broad SMARTS) is 1. The standard InChI is InChI=1S/C19H28O4/c1-11-15(21)13(20)9-14-18(11,3)6-5-12-10-17(2,16(22)23)7-8-19(12,14)4/h12,14,21H,5-10H2,1-4H3,(H,22,23)/t12-,14-,17-,18+,19-/m1/s1. The van der Waals surface area contributed by atoms with Crippen LogP contribution in [0.2, 0.25) is 0 Å². The van der Waals surface area contributed by atoms with Gasteiger partial charge in [0.05, 0.1) is 5.41 Å². The van der Waals surface area contributed by atoms with E-state index in [9.17, 15) is 19.8 Å². The summed E-state index contributed by atoms with van der Waals surface area (Å²) in [5.74, 6) is -0.316. The lowest BCUT2D eigenvalue weighted by Crippen LogP contribution is -2.56. The molecule has 4 heteroatoms. The second-order valence-corrected chi connectivity index (χ2v) is 8.88. The molecule has 0 saturated heterocycles. The minimum absolute atomic E-state index is 0.0143. The third kappa shape index (κ3) is 2.10. The molecule has 3 aliphatic carbocycles. The second-order valence-electron chi connectivity index (χ2n) is 8.88. The van der Waals surface area contributed by atoms with Crippen molar-refractivity contribution in [3.8, 4) is 0 Å². The monoisotopic (exact) mass is 320 g/mol. The number of aliphatic carboxylic acids is 1. The molecule has 0 unspecified atom stereocenters. The number of aliphatic hydroxyl groups excluding tert-OH is 1. The van der Waals surface area contributed by atoms with Gasteiger partial charge < -0.3 is 10.2 Å². The molecular weight excluding hydrogens is 292 g/mol. The first-order valence-corrected chi connectivity index (χ1v) is 8.71. The molecule has 0 bridgehead atoms. The van der Waals surface area contributed by atoms with Crippen molar-refractivity contribution in [2.75, 3.05) is 0 Å². The van der Waals surface area contributed by atoms with Gasteiger partial charge in [0.1, 0.15) is 0 Å². The lowest BCUT2D eigenvalue weighted by atomic mass is 9.42. The van der Waals surface area contributed by atoms with Gasteiger partial charge in [-0.05, 0) is 74.2 Å². The Morgan fingerprint density at radius 2 is 1.83 bits per heavy atom. The van der Waals surface area contributed by atoms with Crippen LogP contribution in [0, 0.1) is 28.1 Å². The fraction of sp³-hybridized carbons (Fsp3) is 0.789. The lowest BCUT2D eigenvalue weighted by Gasteiger charge is -2.61. The Balaban J connectivity index is 1.99. The Morgan fingerprint density at radius 3 is 2.43 bits per heavy atom. The van der Waals surface area contributed by atoms with Gasteiger partial charge in [-0.1, -0.05) is 13.8 Å². The molecule has 3 aliphatic rings. The minimum Gasteiger partial charge on any atom is -0.504 e. The van der Waals surface area contributed by atoms with E-state index in [2.05, 4.69) is 13.8 Å². The van der Waals surface area contributed by atoms with E-state index < -0.39 is 11.4 Å². The average molecular weight is 320 g/mol. The third-order valence-electron chi connectivity index (χ3n) is 7.80. The summed E-state index contributed by atoms with van der Waals surface area (Å²) in [6, 6.07) is 0. The number of allylic oxidation sites excluding steroid dienone is 2. The van der Waals surface area contributed by atoms with Crippen LogP contribution >= 0.6 is 0 Å². The molecule has 2 saturated carbocycles. The van der Waals surface area contributed by atoms with Crippen molar-refractivity contribution in [1.82, 2.24) is 0 Å². The van der Waals surface area contributed by atoms with E-state index in [0.29, 0.717) is 25.2 Å². The van der Waals surface area contributed by atoms with Gasteiger partial charge in [-0.3, -0.25) is 9.59 Å². The first-order chi connectivity index (χ1) is 10.5. The maximum atomic E-state index is 12.3. The van der Waals surface area contributed by atoms with Crippen LogP contribution in [0.5, 0.6) is 0 Å². The largest absolute Gasteiger partial charge is 0.504 e. The average Bonchev–Trinajstić information content (AvgIpc) is 2.49. The zero-order chi connectivity index (χ0) is 17.2. The van der Waals surface area contributed by atoms with Crippen LogP contribution in [0.25, 0.3) is 0 Å². The molecule has 0 heterocycles. The Bertz CT molecular complexity index is 606. The smallest absolute Gasteiger partial charge is 0.309 e. The van der Waals surface area contributed by atoms with Crippen molar-refractivity contribution in [1.29, 1.82) is 0 Å². The number of aliphatic hydroxyl groups is 1. The summed E-state index contributed by atoms with van der Waals surface area (Å²) in [6.45, 7) is 8.20. The van der Waals surface area contributed by atoms with Gasteiger partial charge in [0.25, 0.3) is 0 Å². The molecule has 128 valence electrons. The van der Waals surface area contributed by atoms with E-state index in [4.69, 9.17) is 0 Å². The maximum Gasteiger partial charge on any atom is 0.309 e. The lowest BCUT2D eigenvalue weighted by molar-refractivity contribution is -0.162. The van der Waals surface area contributed by atoms with Gasteiger partial charge in [0.15, 0.2) is 11.5 Å². The topological polar surface area (TPSA) is 74.6 Å². The summed E-state index contributed by atoms with van der Waals surface area (Å²) in [4.78, 5) is 23.9. The van der Waals surface area contributed by atoms with Crippen LogP contribution < -0.4 is 0 Å². The predicted octanol–water partition coefficient (Wildman–Crippen LogP) is 4.10. The van der Waals surface area contributed by atoms with Crippen LogP contribution in [-0.4, -0.2) is 22.0 Å². The van der Waals surface area contributed by atoms with E-state index in [1.165, 1.54) is 0 Å². The summed E-state index contributed by atoms with van der Waals surface area (Å²) < 4.78 is 0. The zero-order valence-corrected chi connectivity index (χ0v) is 14.6. The highest BCUT2D eigenvalue weighted by Gasteiger charge is 2.60. The molecule has 23 heavy (non-hydrogen) atoms. The molecule has 2 fully saturated rings. The van der Waals surface area contributed by atoms with Gasteiger partial charge in [0.2, 0.25) is 0 Å². The molecule has 2 N–H and O–H groups in total. The molecule has 3 rings (SSSR count). The summed E-state index contributed by atoms with van der Waals surface area (Å²) >= 11 is 0. The summed E-state index contributed by atoms with van der Waals surface area (Å²) in [5.41, 5.74) is 0.0497. The van der Waals surface area contributed by atoms with E-state index in [0.717, 1.165) is 24.8 Å². The molecule has 5 atom stereocenters. The van der Waals surface area contributed by atoms with E-state index in [-0.39, 0.29) is 28.3 Å². The van der Waals surface area contributed by atoms with Crippen molar-refractivity contribution in [3.05, 3.63) is 11.3 Å². The number of carbonyl (C=O) groups excluding carboxylic acids is 1. The number of rotatable bonds is 1. The first kappa shape index (κ1) is 16.5. The quantitative estimate of drug-likeness (QED) is 0.762. The molecule has 0 aromatic rings. The molecule has 0 radical (unpaired) electrons. The Hall–Kier alpha value is -1.32. The van der Waals surface area contributed by atoms with Crippen LogP contribution in [0.1, 0.15) is 66.2 Å². The second kappa shape index (κ2) is 4.84. The number of hydrogen-bond donors (Lipinski definition) is 2. The molecule has 0 spiro atoms. The molecule has 4 nitrogen and oxygen atoms in total. The molecule has 0 aliphatic heterocycles. The number of ketones is 1. The van der Waals surface area contributed by atoms with Crippen LogP contribution in [0.3, 0.4) is 0 Å². The molecule has 0 aromatic heterocycles. The number of Topliss-reactive ketones (excluding diaryl/α,β-unsaturated/α-hetero) is 1. The highest BCUT2D eigenvalue weighted by Crippen LogP contribution is 2.66. The van der Waals surface area contributed by atoms with Crippen LogP contribution in [0.4, 0.5) is 0 Å². The number of carbonyl (C=O) groups is 2. The highest BCUT2D eigenvalue weighted by atomic mass is 16.4. The van der Waals surface area contributed by atoms with Crippen LogP contribution in [-0.2, 0) is 9.59 Å². The van der Waals surface area contributed by atoms with E-state index in [1.807, 2.05) is 13.8 Å². The summed E-state index contributed by atoms with van der Waals surface area (Å²) in [5, 5.41) is 19.7. The van der Waals surface area contributed by atoms with Gasteiger partial charge in [0, 0.05) is 6.42 Å². The SMILES string of the molecule is CC1=C(O)C(=O)C[C@H]2[C@]3(C)CC[C@@](C)(C(=O)O)C[C@H]3CC[C@@]12C. The predicted molar refractivity (Wildman–Crippen MR) is 87.0 cm³/mol. The van der Waals surface area contributed by atoms with E-state index in [1.54, 1.807) is 0 Å². The van der Waals surface area contributed by atoms with Crippen molar-refractivity contribution >= 4 is 11.8 Å². The van der Waals surface area contributed by atoms with Crippen molar-refractivity contribution in [3.63, 3.8) is 0 Å². The fourth-order valence-corrected chi connectivity index (χ4v) is 5.76. The zero-order valence-electron chi connectivity index (χ0n) is 14.6. The fourth-order valence-electron chi connectivity index (χ4n) is 5.76. The summed E-state index contributed by atoms with van der Waals surface area (Å²) in [6.07, 6.45) is 4.53. The van der Waals surface area contributed by atoms with Crippen LogP contribution in [0.15, 0.2) is 11.3 Å². The van der Waals surface area contributed by atoms with Crippen molar-refractivity contribution in [2.45, 2.75) is 66.2 Å². The number of hydrogen-bond acceptors (Lipinski definition) is 3. The van der Waals surface area contributed by atoms with Crippen molar-refractivity contribution in [2.24, 2.45) is 28.1 Å². The molecule has 0 amide bonds. The third-order valence-corrected chi connectivity index (χ3v) is 7.80. The number of fused-ring (bicyclic) bond motifs is 3. The van der Waals surface area contributed by atoms with Crippen molar-refractivity contribution < 1.29 is 19.8 Å². The van der Waals surface area contributed by atoms with Gasteiger partial charge >= 0.3 is 5.97 Å². The minimum atomic E-state index is -0.693. The summed E-state index contributed by atoms with van der Waals surface area (Å²) in [7, 11) is 0.